The third-order valence-corrected chi connectivity index (χ3v) is 0.856. The molecule has 2 nitrogen and oxygen atoms in total. The quantitative estimate of drug-likeness (QED) is 0.510. The Kier molecular flexibility index (Phi) is 1.95. The highest BCUT2D eigenvalue weighted by Gasteiger charge is 1.82. The van der Waals surface area contributed by atoms with Crippen molar-refractivity contribution in [1.82, 2.24) is 0 Å². The summed E-state index contributed by atoms with van der Waals surface area (Å²) in [6, 6.07) is 1.79. The van der Waals surface area contributed by atoms with E-state index in [1.54, 1.807) is 18.6 Å². The standard InChI is InChI=1S/C7H7NO/c8-4-1-2-7-3-5-9-6-7/h3,5-6H,4,8H2. The van der Waals surface area contributed by atoms with Gasteiger partial charge in [0, 0.05) is 0 Å². The van der Waals surface area contributed by atoms with Crippen LogP contribution in [0.4, 0.5) is 0 Å². The van der Waals surface area contributed by atoms with Crippen molar-refractivity contribution < 1.29 is 4.42 Å². The van der Waals surface area contributed by atoms with Crippen molar-refractivity contribution in [2.45, 2.75) is 0 Å². The zero-order valence-corrected chi connectivity index (χ0v) is 4.92. The number of nitrogens with two attached hydrogens (primary N) is 1. The fourth-order valence-electron chi connectivity index (χ4n) is 0.489. The summed E-state index contributed by atoms with van der Waals surface area (Å²) in [6.07, 6.45) is 3.17. The smallest absolute Gasteiger partial charge is 0.106 e. The summed E-state index contributed by atoms with van der Waals surface area (Å²) in [5, 5.41) is 0. The average Bonchev–Trinajstić information content (AvgIpc) is 2.34. The van der Waals surface area contributed by atoms with Gasteiger partial charge in [-0.1, -0.05) is 11.8 Å². The molecular weight excluding hydrogens is 114 g/mol. The molecule has 1 aromatic heterocycles. The van der Waals surface area contributed by atoms with Crippen LogP contribution in [0.3, 0.4) is 0 Å². The lowest BCUT2D eigenvalue weighted by atomic mass is 10.3. The van der Waals surface area contributed by atoms with Gasteiger partial charge in [-0.3, -0.25) is 0 Å². The predicted octanol–water partition coefficient (Wildman–Crippen LogP) is 0.590. The first-order valence-electron chi connectivity index (χ1n) is 2.64. The van der Waals surface area contributed by atoms with Gasteiger partial charge >= 0.3 is 0 Å². The molecule has 0 aromatic carbocycles. The largest absolute Gasteiger partial charge is 0.471 e. The van der Waals surface area contributed by atoms with Gasteiger partial charge in [-0.05, 0) is 6.07 Å². The van der Waals surface area contributed by atoms with Gasteiger partial charge in [-0.15, -0.1) is 0 Å². The molecule has 0 amide bonds. The van der Waals surface area contributed by atoms with E-state index in [0.29, 0.717) is 6.54 Å². The Morgan fingerprint density at radius 1 is 1.67 bits per heavy atom. The first kappa shape index (κ1) is 5.93. The Morgan fingerprint density at radius 3 is 3.11 bits per heavy atom. The van der Waals surface area contributed by atoms with E-state index in [1.165, 1.54) is 0 Å². The number of rotatable bonds is 0. The molecule has 1 aromatic rings. The van der Waals surface area contributed by atoms with E-state index in [-0.39, 0.29) is 0 Å². The first-order valence-corrected chi connectivity index (χ1v) is 2.64. The van der Waals surface area contributed by atoms with Crippen LogP contribution in [0.2, 0.25) is 0 Å². The highest BCUT2D eigenvalue weighted by Crippen LogP contribution is 1.95. The zero-order chi connectivity index (χ0) is 6.53. The van der Waals surface area contributed by atoms with E-state index in [0.717, 1.165) is 5.56 Å². The first-order chi connectivity index (χ1) is 4.43. The average molecular weight is 121 g/mol. The lowest BCUT2D eigenvalue weighted by molar-refractivity contribution is 0.566. The molecule has 0 aliphatic heterocycles. The van der Waals surface area contributed by atoms with Gasteiger partial charge in [0.2, 0.25) is 0 Å². The molecular formula is C7H7NO. The van der Waals surface area contributed by atoms with Crippen LogP contribution in [-0.2, 0) is 0 Å². The third kappa shape index (κ3) is 1.63. The Morgan fingerprint density at radius 2 is 2.56 bits per heavy atom. The van der Waals surface area contributed by atoms with Crippen molar-refractivity contribution >= 4 is 0 Å². The third-order valence-electron chi connectivity index (χ3n) is 0.856. The van der Waals surface area contributed by atoms with Gasteiger partial charge in [0.25, 0.3) is 0 Å². The topological polar surface area (TPSA) is 39.2 Å². The normalized spacial score (nSPS) is 8.11. The molecule has 0 fully saturated rings. The van der Waals surface area contributed by atoms with E-state index >= 15 is 0 Å². The van der Waals surface area contributed by atoms with Crippen LogP contribution in [0.1, 0.15) is 5.56 Å². The molecule has 9 heavy (non-hydrogen) atoms. The molecule has 1 heterocycles. The summed E-state index contributed by atoms with van der Waals surface area (Å²) < 4.78 is 4.77. The number of furan rings is 1. The molecule has 0 aliphatic carbocycles. The molecule has 46 valence electrons. The summed E-state index contributed by atoms with van der Waals surface area (Å²) in [4.78, 5) is 0. The van der Waals surface area contributed by atoms with Crippen LogP contribution in [0, 0.1) is 11.8 Å². The Bertz CT molecular complexity index is 215. The van der Waals surface area contributed by atoms with Gasteiger partial charge in [-0.2, -0.15) is 0 Å². The van der Waals surface area contributed by atoms with Gasteiger partial charge in [0.1, 0.15) is 6.26 Å². The summed E-state index contributed by atoms with van der Waals surface area (Å²) in [5.74, 6) is 5.52. The molecule has 0 unspecified atom stereocenters. The molecule has 2 N–H and O–H groups in total. The summed E-state index contributed by atoms with van der Waals surface area (Å²) in [5.41, 5.74) is 6.02. The minimum absolute atomic E-state index is 0.394. The second-order valence-corrected chi connectivity index (χ2v) is 1.52. The van der Waals surface area contributed by atoms with Crippen molar-refractivity contribution in [2.75, 3.05) is 6.54 Å². The van der Waals surface area contributed by atoms with E-state index in [2.05, 4.69) is 11.8 Å². The molecule has 2 heteroatoms. The fourth-order valence-corrected chi connectivity index (χ4v) is 0.489. The Balaban J connectivity index is 2.67. The fraction of sp³-hybridized carbons (Fsp3) is 0.143. The van der Waals surface area contributed by atoms with Crippen molar-refractivity contribution in [3.63, 3.8) is 0 Å². The monoisotopic (exact) mass is 121 g/mol. The van der Waals surface area contributed by atoms with Gasteiger partial charge in [-0.25, -0.2) is 0 Å². The predicted molar refractivity (Wildman–Crippen MR) is 34.6 cm³/mol. The highest BCUT2D eigenvalue weighted by molar-refractivity contribution is 5.30. The molecule has 0 spiro atoms. The van der Waals surface area contributed by atoms with Gasteiger partial charge in [0.05, 0.1) is 18.4 Å². The van der Waals surface area contributed by atoms with Crippen LogP contribution in [-0.4, -0.2) is 6.54 Å². The maximum atomic E-state index is 5.14. The molecule has 0 atom stereocenters. The minimum atomic E-state index is 0.394. The van der Waals surface area contributed by atoms with Gasteiger partial charge < -0.3 is 10.2 Å². The second kappa shape index (κ2) is 2.95. The lowest BCUT2D eigenvalue weighted by Crippen LogP contribution is -1.92. The highest BCUT2D eigenvalue weighted by atomic mass is 16.3. The van der Waals surface area contributed by atoms with Crippen LogP contribution in [0.25, 0.3) is 0 Å². The Hall–Kier alpha value is -1.20. The maximum absolute atomic E-state index is 5.14. The van der Waals surface area contributed by atoms with Crippen LogP contribution in [0.5, 0.6) is 0 Å². The summed E-state index contributed by atoms with van der Waals surface area (Å²) >= 11 is 0. The van der Waals surface area contributed by atoms with Crippen molar-refractivity contribution in [3.8, 4) is 11.8 Å². The van der Waals surface area contributed by atoms with E-state index in [1.807, 2.05) is 0 Å². The van der Waals surface area contributed by atoms with Crippen molar-refractivity contribution in [3.05, 3.63) is 24.2 Å². The van der Waals surface area contributed by atoms with Crippen LogP contribution >= 0.6 is 0 Å². The van der Waals surface area contributed by atoms with Gasteiger partial charge in [0.15, 0.2) is 0 Å². The van der Waals surface area contributed by atoms with E-state index < -0.39 is 0 Å². The molecule has 0 radical (unpaired) electrons. The molecule has 0 saturated carbocycles. The van der Waals surface area contributed by atoms with Crippen molar-refractivity contribution in [1.29, 1.82) is 0 Å². The van der Waals surface area contributed by atoms with E-state index in [9.17, 15) is 0 Å². The minimum Gasteiger partial charge on any atom is -0.471 e. The number of hydrogen-bond acceptors (Lipinski definition) is 2. The lowest BCUT2D eigenvalue weighted by Gasteiger charge is -1.71. The number of hydrogen-bond donors (Lipinski definition) is 1. The SMILES string of the molecule is NCC#Cc1ccoc1. The second-order valence-electron chi connectivity index (χ2n) is 1.52. The maximum Gasteiger partial charge on any atom is 0.106 e. The van der Waals surface area contributed by atoms with Crippen molar-refractivity contribution in [2.24, 2.45) is 5.73 Å². The van der Waals surface area contributed by atoms with Crippen LogP contribution < -0.4 is 5.73 Å². The van der Waals surface area contributed by atoms with Crippen LogP contribution in [0.15, 0.2) is 23.0 Å². The Labute approximate surface area is 53.7 Å². The molecule has 1 rings (SSSR count). The zero-order valence-electron chi connectivity index (χ0n) is 4.92. The molecule has 0 saturated heterocycles. The summed E-state index contributed by atoms with van der Waals surface area (Å²) in [7, 11) is 0. The summed E-state index contributed by atoms with van der Waals surface area (Å²) in [6.45, 7) is 0.394. The molecule has 0 aliphatic rings. The van der Waals surface area contributed by atoms with E-state index in [4.69, 9.17) is 10.2 Å². The molecule has 0 bridgehead atoms.